The molecule has 0 spiro atoms. The van der Waals surface area contributed by atoms with Crippen molar-refractivity contribution in [3.05, 3.63) is 33.8 Å². The molecule has 6 heteroatoms. The van der Waals surface area contributed by atoms with Gasteiger partial charge in [0.2, 0.25) is 5.91 Å². The number of hydrogen-bond acceptors (Lipinski definition) is 3. The van der Waals surface area contributed by atoms with Gasteiger partial charge in [0.15, 0.2) is 0 Å². The van der Waals surface area contributed by atoms with Crippen LogP contribution in [0.4, 0.5) is 0 Å². The first kappa shape index (κ1) is 15.2. The van der Waals surface area contributed by atoms with E-state index in [1.807, 2.05) is 0 Å². The second-order valence-electron chi connectivity index (χ2n) is 4.03. The molecule has 0 fully saturated rings. The first-order valence-electron chi connectivity index (χ1n) is 5.38. The van der Waals surface area contributed by atoms with Crippen molar-refractivity contribution < 1.29 is 9.53 Å². The van der Waals surface area contributed by atoms with Crippen LogP contribution in [-0.4, -0.2) is 37.6 Å². The monoisotopic (exact) mass is 290 g/mol. The third kappa shape index (κ3) is 4.46. The zero-order chi connectivity index (χ0) is 13.7. The Balaban J connectivity index is 2.69. The van der Waals surface area contributed by atoms with Crippen LogP contribution < -0.4 is 5.73 Å². The average Bonchev–Trinajstić information content (AvgIpc) is 2.26. The Morgan fingerprint density at radius 1 is 1.39 bits per heavy atom. The van der Waals surface area contributed by atoms with Gasteiger partial charge in [-0.25, -0.2) is 0 Å². The number of hydrogen-bond donors (Lipinski definition) is 1. The van der Waals surface area contributed by atoms with Gasteiger partial charge in [-0.1, -0.05) is 23.2 Å². The highest BCUT2D eigenvalue weighted by Gasteiger charge is 2.18. The van der Waals surface area contributed by atoms with Gasteiger partial charge in [0.25, 0.3) is 0 Å². The zero-order valence-corrected chi connectivity index (χ0v) is 11.8. The molecule has 0 saturated heterocycles. The number of carbonyl (C=O) groups is 1. The van der Waals surface area contributed by atoms with Crippen LogP contribution in [-0.2, 0) is 16.1 Å². The largest absolute Gasteiger partial charge is 0.383 e. The molecule has 1 aromatic rings. The molecule has 1 aromatic carbocycles. The van der Waals surface area contributed by atoms with Gasteiger partial charge in [-0.15, -0.1) is 0 Å². The van der Waals surface area contributed by atoms with E-state index in [-0.39, 0.29) is 12.5 Å². The van der Waals surface area contributed by atoms with Crippen molar-refractivity contribution in [2.24, 2.45) is 5.73 Å². The first-order chi connectivity index (χ1) is 8.43. The van der Waals surface area contributed by atoms with Crippen LogP contribution >= 0.6 is 23.2 Å². The molecule has 4 nitrogen and oxygen atoms in total. The van der Waals surface area contributed by atoms with E-state index >= 15 is 0 Å². The highest BCUT2D eigenvalue weighted by molar-refractivity contribution is 6.34. The van der Waals surface area contributed by atoms with Gasteiger partial charge >= 0.3 is 0 Å². The number of halogens is 2. The first-order valence-corrected chi connectivity index (χ1v) is 6.14. The summed E-state index contributed by atoms with van der Waals surface area (Å²) in [6, 6.07) is 4.51. The molecule has 18 heavy (non-hydrogen) atoms. The van der Waals surface area contributed by atoms with Crippen molar-refractivity contribution in [3.63, 3.8) is 0 Å². The summed E-state index contributed by atoms with van der Waals surface area (Å²) >= 11 is 11.8. The average molecular weight is 291 g/mol. The van der Waals surface area contributed by atoms with Crippen LogP contribution in [0.1, 0.15) is 5.56 Å². The third-order valence-electron chi connectivity index (χ3n) is 2.38. The van der Waals surface area contributed by atoms with Crippen molar-refractivity contribution in [2.75, 3.05) is 20.8 Å². The normalized spacial score (nSPS) is 12.3. The summed E-state index contributed by atoms with van der Waals surface area (Å²) in [4.78, 5) is 13.4. The molecule has 1 amide bonds. The second-order valence-corrected chi connectivity index (χ2v) is 4.91. The van der Waals surface area contributed by atoms with E-state index in [1.165, 1.54) is 12.0 Å². The van der Waals surface area contributed by atoms with Gasteiger partial charge in [-0.3, -0.25) is 4.79 Å². The molecule has 2 N–H and O–H groups in total. The minimum absolute atomic E-state index is 0.187. The lowest BCUT2D eigenvalue weighted by Crippen LogP contribution is -2.44. The number of ether oxygens (including phenoxy) is 1. The topological polar surface area (TPSA) is 55.6 Å². The van der Waals surface area contributed by atoms with Crippen molar-refractivity contribution in [1.29, 1.82) is 0 Å². The fourth-order valence-electron chi connectivity index (χ4n) is 1.59. The highest BCUT2D eigenvalue weighted by atomic mass is 35.5. The van der Waals surface area contributed by atoms with Crippen molar-refractivity contribution in [1.82, 2.24) is 4.90 Å². The minimum Gasteiger partial charge on any atom is -0.383 e. The summed E-state index contributed by atoms with van der Waals surface area (Å²) in [5.41, 5.74) is 6.53. The van der Waals surface area contributed by atoms with E-state index in [1.54, 1.807) is 25.2 Å². The maximum atomic E-state index is 11.9. The Morgan fingerprint density at radius 2 is 1.94 bits per heavy atom. The van der Waals surface area contributed by atoms with E-state index in [0.29, 0.717) is 16.6 Å². The number of methoxy groups -OCH3 is 1. The van der Waals surface area contributed by atoms with Crippen LogP contribution in [0.15, 0.2) is 18.2 Å². The number of nitrogens with two attached hydrogens (primary N) is 1. The van der Waals surface area contributed by atoms with E-state index in [9.17, 15) is 4.79 Å². The smallest absolute Gasteiger partial charge is 0.241 e. The van der Waals surface area contributed by atoms with Crippen LogP contribution in [0.3, 0.4) is 0 Å². The summed E-state index contributed by atoms with van der Waals surface area (Å²) in [5, 5.41) is 1.08. The Morgan fingerprint density at radius 3 is 2.44 bits per heavy atom. The lowest BCUT2D eigenvalue weighted by molar-refractivity contribution is -0.132. The number of amides is 1. The van der Waals surface area contributed by atoms with Crippen molar-refractivity contribution in [3.8, 4) is 0 Å². The highest BCUT2D eigenvalue weighted by Crippen LogP contribution is 2.20. The molecule has 1 atom stereocenters. The van der Waals surface area contributed by atoms with Gasteiger partial charge in [-0.2, -0.15) is 0 Å². The standard InChI is InChI=1S/C12H16Cl2N2O2/c1-16(12(17)11(15)7-18-2)6-8-3-9(13)5-10(14)4-8/h3-5,11H,6-7,15H2,1-2H3. The van der Waals surface area contributed by atoms with Crippen LogP contribution in [0.2, 0.25) is 10.0 Å². The predicted molar refractivity (Wildman–Crippen MR) is 72.8 cm³/mol. The molecule has 100 valence electrons. The third-order valence-corrected chi connectivity index (χ3v) is 2.82. The Hall–Kier alpha value is -0.810. The number of nitrogens with zero attached hydrogens (tertiary/aromatic N) is 1. The molecule has 0 heterocycles. The molecule has 0 aliphatic carbocycles. The summed E-state index contributed by atoms with van der Waals surface area (Å²) in [6.07, 6.45) is 0. The molecule has 0 radical (unpaired) electrons. The van der Waals surface area contributed by atoms with Gasteiger partial charge in [0, 0.05) is 30.7 Å². The van der Waals surface area contributed by atoms with E-state index in [4.69, 9.17) is 33.7 Å². The molecule has 0 bridgehead atoms. The molecule has 1 unspecified atom stereocenters. The molecule has 0 aliphatic heterocycles. The van der Waals surface area contributed by atoms with Crippen LogP contribution in [0, 0.1) is 0 Å². The van der Waals surface area contributed by atoms with Crippen molar-refractivity contribution in [2.45, 2.75) is 12.6 Å². The summed E-state index contributed by atoms with van der Waals surface area (Å²) in [5.74, 6) is -0.187. The molecule has 0 aromatic heterocycles. The molecule has 0 aliphatic rings. The molecular formula is C12H16Cl2N2O2. The fourth-order valence-corrected chi connectivity index (χ4v) is 2.16. The lowest BCUT2D eigenvalue weighted by atomic mass is 10.2. The Labute approximate surface area is 117 Å². The van der Waals surface area contributed by atoms with Gasteiger partial charge < -0.3 is 15.4 Å². The SMILES string of the molecule is COCC(N)C(=O)N(C)Cc1cc(Cl)cc(Cl)c1. The Kier molecular flexibility index (Phi) is 5.88. The van der Waals surface area contributed by atoms with Crippen molar-refractivity contribution >= 4 is 29.1 Å². The summed E-state index contributed by atoms with van der Waals surface area (Å²) < 4.78 is 4.85. The number of rotatable bonds is 5. The van der Waals surface area contributed by atoms with E-state index in [0.717, 1.165) is 5.56 Å². The lowest BCUT2D eigenvalue weighted by Gasteiger charge is -2.21. The number of likely N-dealkylation sites (N-methyl/N-ethyl adjacent to an activating group) is 1. The molecular weight excluding hydrogens is 275 g/mol. The number of carbonyl (C=O) groups excluding carboxylic acids is 1. The van der Waals surface area contributed by atoms with Crippen LogP contribution in [0.5, 0.6) is 0 Å². The number of benzene rings is 1. The fraction of sp³-hybridized carbons (Fsp3) is 0.417. The zero-order valence-electron chi connectivity index (χ0n) is 10.3. The summed E-state index contributed by atoms with van der Waals surface area (Å²) in [7, 11) is 3.18. The minimum atomic E-state index is -0.658. The van der Waals surface area contributed by atoms with Gasteiger partial charge in [-0.05, 0) is 23.8 Å². The maximum Gasteiger partial charge on any atom is 0.241 e. The van der Waals surface area contributed by atoms with Gasteiger partial charge in [0.1, 0.15) is 6.04 Å². The van der Waals surface area contributed by atoms with E-state index in [2.05, 4.69) is 0 Å². The molecule has 0 saturated carbocycles. The molecule has 1 rings (SSSR count). The Bertz CT molecular complexity index is 406. The van der Waals surface area contributed by atoms with E-state index < -0.39 is 6.04 Å². The summed E-state index contributed by atoms with van der Waals surface area (Å²) in [6.45, 7) is 0.593. The van der Waals surface area contributed by atoms with Gasteiger partial charge in [0.05, 0.1) is 6.61 Å². The van der Waals surface area contributed by atoms with Crippen LogP contribution in [0.25, 0.3) is 0 Å². The maximum absolute atomic E-state index is 11.9. The predicted octanol–water partition coefficient (Wildman–Crippen LogP) is 1.93. The quantitative estimate of drug-likeness (QED) is 0.901. The second kappa shape index (κ2) is 6.95.